The lowest BCUT2D eigenvalue weighted by Gasteiger charge is -2.18. The molecule has 0 aliphatic carbocycles. The standard InChI is InChI=1S/C57H100O5/c1-4-7-10-13-16-19-22-25-28-29-31-32-35-38-41-44-47-50-56(58)61-54-55(53-60-52-49-46-43-40-37-34-27-24-21-18-15-12-9-6-3)62-57(59)51-48-45-42-39-36-33-30-26-23-20-17-14-11-8-5-2/h7,10,12,15-16,19,21,24-26,28,30,55H,4-6,8-9,11,13-14,17-18,20,22-23,27,29,31-54H2,1-3H3/b10-7-,15-12-,19-16-,24-21-,28-25-,30-26-. The van der Waals surface area contributed by atoms with Gasteiger partial charge in [0.1, 0.15) is 6.61 Å². The van der Waals surface area contributed by atoms with Gasteiger partial charge in [0.2, 0.25) is 0 Å². The molecule has 5 heteroatoms. The van der Waals surface area contributed by atoms with Gasteiger partial charge in [-0.3, -0.25) is 9.59 Å². The maximum atomic E-state index is 12.8. The Morgan fingerprint density at radius 1 is 0.371 bits per heavy atom. The van der Waals surface area contributed by atoms with Crippen LogP contribution >= 0.6 is 0 Å². The van der Waals surface area contributed by atoms with E-state index in [0.717, 1.165) is 89.9 Å². The third-order valence-corrected chi connectivity index (χ3v) is 11.2. The molecule has 0 bridgehead atoms. The predicted octanol–water partition coefficient (Wildman–Crippen LogP) is 17.9. The molecular weight excluding hydrogens is 765 g/mol. The van der Waals surface area contributed by atoms with Gasteiger partial charge in [0.05, 0.1) is 6.61 Å². The van der Waals surface area contributed by atoms with Gasteiger partial charge in [-0.25, -0.2) is 0 Å². The molecule has 62 heavy (non-hydrogen) atoms. The predicted molar refractivity (Wildman–Crippen MR) is 270 cm³/mol. The van der Waals surface area contributed by atoms with Gasteiger partial charge in [0.15, 0.2) is 6.10 Å². The highest BCUT2D eigenvalue weighted by atomic mass is 16.6. The summed E-state index contributed by atoms with van der Waals surface area (Å²) in [6, 6.07) is 0. The molecule has 0 aromatic carbocycles. The van der Waals surface area contributed by atoms with Crippen molar-refractivity contribution in [1.29, 1.82) is 0 Å². The topological polar surface area (TPSA) is 61.8 Å². The van der Waals surface area contributed by atoms with Crippen LogP contribution in [0.15, 0.2) is 72.9 Å². The van der Waals surface area contributed by atoms with Crippen molar-refractivity contribution in [3.63, 3.8) is 0 Å². The second kappa shape index (κ2) is 52.7. The number of carbonyl (C=O) groups excluding carboxylic acids is 2. The third kappa shape index (κ3) is 50.0. The van der Waals surface area contributed by atoms with E-state index in [4.69, 9.17) is 14.2 Å². The molecule has 0 saturated carbocycles. The van der Waals surface area contributed by atoms with Crippen LogP contribution in [-0.2, 0) is 23.8 Å². The first-order valence-electron chi connectivity index (χ1n) is 26.5. The fourth-order valence-corrected chi connectivity index (χ4v) is 7.26. The van der Waals surface area contributed by atoms with Gasteiger partial charge in [-0.15, -0.1) is 0 Å². The molecule has 0 aliphatic heterocycles. The molecule has 0 aromatic rings. The van der Waals surface area contributed by atoms with Crippen LogP contribution in [0.2, 0.25) is 0 Å². The van der Waals surface area contributed by atoms with Crippen LogP contribution in [-0.4, -0.2) is 37.9 Å². The quantitative estimate of drug-likeness (QED) is 0.0346. The Hall–Kier alpha value is -2.66. The highest BCUT2D eigenvalue weighted by Gasteiger charge is 2.17. The van der Waals surface area contributed by atoms with E-state index in [1.165, 1.54) is 128 Å². The van der Waals surface area contributed by atoms with Crippen molar-refractivity contribution >= 4 is 11.9 Å². The number of rotatable bonds is 48. The number of allylic oxidation sites excluding steroid dienone is 12. The Morgan fingerprint density at radius 2 is 0.758 bits per heavy atom. The van der Waals surface area contributed by atoms with Crippen molar-refractivity contribution in [2.75, 3.05) is 19.8 Å². The molecule has 1 unspecified atom stereocenters. The van der Waals surface area contributed by atoms with Gasteiger partial charge in [-0.2, -0.15) is 0 Å². The second-order valence-electron chi connectivity index (χ2n) is 17.4. The monoisotopic (exact) mass is 865 g/mol. The van der Waals surface area contributed by atoms with E-state index in [2.05, 4.69) is 93.7 Å². The summed E-state index contributed by atoms with van der Waals surface area (Å²) in [5.41, 5.74) is 0. The number of hydrogen-bond donors (Lipinski definition) is 0. The molecule has 0 amide bonds. The van der Waals surface area contributed by atoms with Crippen LogP contribution in [0.1, 0.15) is 252 Å². The van der Waals surface area contributed by atoms with E-state index in [1.54, 1.807) is 0 Å². The zero-order valence-electron chi connectivity index (χ0n) is 41.1. The molecule has 0 heterocycles. The molecule has 0 fully saturated rings. The van der Waals surface area contributed by atoms with E-state index in [1.807, 2.05) is 0 Å². The van der Waals surface area contributed by atoms with Crippen molar-refractivity contribution in [3.05, 3.63) is 72.9 Å². The lowest BCUT2D eigenvalue weighted by molar-refractivity contribution is -0.163. The summed E-state index contributed by atoms with van der Waals surface area (Å²) >= 11 is 0. The van der Waals surface area contributed by atoms with Crippen LogP contribution in [0.5, 0.6) is 0 Å². The molecule has 0 aliphatic rings. The Morgan fingerprint density at radius 3 is 1.24 bits per heavy atom. The van der Waals surface area contributed by atoms with E-state index in [9.17, 15) is 9.59 Å². The van der Waals surface area contributed by atoms with E-state index in [0.29, 0.717) is 19.4 Å². The molecule has 358 valence electrons. The summed E-state index contributed by atoms with van der Waals surface area (Å²) in [6.45, 7) is 7.63. The number of unbranched alkanes of at least 4 members (excludes halogenated alkanes) is 25. The number of hydrogen-bond acceptors (Lipinski definition) is 5. The second-order valence-corrected chi connectivity index (χ2v) is 17.4. The molecule has 0 rings (SSSR count). The zero-order valence-corrected chi connectivity index (χ0v) is 41.1. The van der Waals surface area contributed by atoms with Gasteiger partial charge in [0, 0.05) is 19.4 Å². The summed E-state index contributed by atoms with van der Waals surface area (Å²) in [7, 11) is 0. The number of ether oxygens (including phenoxy) is 3. The minimum Gasteiger partial charge on any atom is -0.462 e. The third-order valence-electron chi connectivity index (χ3n) is 11.2. The average Bonchev–Trinajstić information content (AvgIpc) is 3.27. The highest BCUT2D eigenvalue weighted by Crippen LogP contribution is 2.14. The first-order valence-corrected chi connectivity index (χ1v) is 26.5. The maximum Gasteiger partial charge on any atom is 0.306 e. The fourth-order valence-electron chi connectivity index (χ4n) is 7.26. The van der Waals surface area contributed by atoms with Gasteiger partial charge in [-0.1, -0.05) is 209 Å². The summed E-state index contributed by atoms with van der Waals surface area (Å²) in [4.78, 5) is 25.4. The van der Waals surface area contributed by atoms with Crippen LogP contribution in [0.3, 0.4) is 0 Å². The smallest absolute Gasteiger partial charge is 0.306 e. The van der Waals surface area contributed by atoms with Crippen LogP contribution in [0.4, 0.5) is 0 Å². The van der Waals surface area contributed by atoms with Gasteiger partial charge in [-0.05, 0) is 103 Å². The lowest BCUT2D eigenvalue weighted by Crippen LogP contribution is -2.30. The van der Waals surface area contributed by atoms with Gasteiger partial charge in [0.25, 0.3) is 0 Å². The molecule has 0 spiro atoms. The zero-order chi connectivity index (χ0) is 44.9. The first kappa shape index (κ1) is 59.3. The van der Waals surface area contributed by atoms with E-state index >= 15 is 0 Å². The summed E-state index contributed by atoms with van der Waals surface area (Å²) in [5, 5.41) is 0. The SMILES string of the molecule is CC/C=C\C/C=C\C/C=C\CCCCCCCCCC(=O)OCC(COCCCCCCCC/C=C\C/C=C\CCC)OC(=O)CCCCCCC/C=C\CCCCCCCC. The molecule has 1 atom stereocenters. The summed E-state index contributed by atoms with van der Waals surface area (Å²) in [6.07, 6.45) is 67.6. The normalized spacial score (nSPS) is 12.8. The Kier molecular flexibility index (Phi) is 50.4. The summed E-state index contributed by atoms with van der Waals surface area (Å²) in [5.74, 6) is -0.420. The maximum absolute atomic E-state index is 12.8. The Labute approximate surface area is 385 Å². The van der Waals surface area contributed by atoms with Crippen LogP contribution in [0.25, 0.3) is 0 Å². The van der Waals surface area contributed by atoms with Gasteiger partial charge >= 0.3 is 11.9 Å². The lowest BCUT2D eigenvalue weighted by atomic mass is 10.1. The molecule has 0 aromatic heterocycles. The number of esters is 2. The average molecular weight is 865 g/mol. The Bertz CT molecular complexity index is 1110. The molecule has 0 saturated heterocycles. The minimum absolute atomic E-state index is 0.0709. The molecule has 0 radical (unpaired) electrons. The first-order chi connectivity index (χ1) is 30.6. The highest BCUT2D eigenvalue weighted by molar-refractivity contribution is 5.70. The van der Waals surface area contributed by atoms with E-state index in [-0.39, 0.29) is 25.2 Å². The van der Waals surface area contributed by atoms with E-state index < -0.39 is 6.10 Å². The molecule has 5 nitrogen and oxygen atoms in total. The molecule has 0 N–H and O–H groups in total. The van der Waals surface area contributed by atoms with Crippen molar-refractivity contribution in [1.82, 2.24) is 0 Å². The molecular formula is C57H100O5. The fraction of sp³-hybridized carbons (Fsp3) is 0.754. The van der Waals surface area contributed by atoms with Crippen LogP contribution in [0, 0.1) is 0 Å². The Balaban J connectivity index is 4.30. The van der Waals surface area contributed by atoms with Crippen molar-refractivity contribution in [2.24, 2.45) is 0 Å². The van der Waals surface area contributed by atoms with Gasteiger partial charge < -0.3 is 14.2 Å². The van der Waals surface area contributed by atoms with Crippen molar-refractivity contribution < 1.29 is 23.8 Å². The summed E-state index contributed by atoms with van der Waals surface area (Å²) < 4.78 is 17.4. The van der Waals surface area contributed by atoms with Crippen LogP contribution < -0.4 is 0 Å². The van der Waals surface area contributed by atoms with Crippen molar-refractivity contribution in [2.45, 2.75) is 258 Å². The van der Waals surface area contributed by atoms with Crippen molar-refractivity contribution in [3.8, 4) is 0 Å². The minimum atomic E-state index is -0.552. The largest absolute Gasteiger partial charge is 0.462 e. The number of carbonyl (C=O) groups is 2.